The molecular weight excluding hydrogens is 216 g/mol. The summed E-state index contributed by atoms with van der Waals surface area (Å²) in [4.78, 5) is 0.458. The van der Waals surface area contributed by atoms with Crippen molar-refractivity contribution in [3.05, 3.63) is 29.3 Å². The van der Waals surface area contributed by atoms with E-state index in [0.29, 0.717) is 21.7 Å². The molecule has 0 aliphatic heterocycles. The fraction of sp³-hybridized carbons (Fsp3) is 0.250. The van der Waals surface area contributed by atoms with Gasteiger partial charge in [-0.2, -0.15) is 8.78 Å². The van der Waals surface area contributed by atoms with Crippen molar-refractivity contribution < 1.29 is 8.78 Å². The van der Waals surface area contributed by atoms with E-state index in [1.165, 1.54) is 12.1 Å². The second-order valence-corrected chi connectivity index (χ2v) is 4.11. The maximum Gasteiger partial charge on any atom is 0.310 e. The van der Waals surface area contributed by atoms with E-state index in [4.69, 9.17) is 17.3 Å². The third kappa shape index (κ3) is 3.50. The number of thioether (sulfide) groups is 1. The lowest BCUT2D eigenvalue weighted by molar-refractivity contribution is 0.116. The first-order chi connectivity index (χ1) is 6.03. The second kappa shape index (κ2) is 4.26. The van der Waals surface area contributed by atoms with Gasteiger partial charge in [0, 0.05) is 9.92 Å². The molecule has 2 N–H and O–H groups in total. The summed E-state index contributed by atoms with van der Waals surface area (Å²) in [5.74, 6) is 0. The number of halogens is 3. The van der Waals surface area contributed by atoms with Crippen molar-refractivity contribution in [2.75, 3.05) is 6.54 Å². The Morgan fingerprint density at radius 3 is 2.31 bits per heavy atom. The van der Waals surface area contributed by atoms with Gasteiger partial charge in [0.1, 0.15) is 0 Å². The van der Waals surface area contributed by atoms with Crippen LogP contribution in [0.3, 0.4) is 0 Å². The van der Waals surface area contributed by atoms with Gasteiger partial charge in [0.15, 0.2) is 0 Å². The largest absolute Gasteiger partial charge is 0.324 e. The topological polar surface area (TPSA) is 26.0 Å². The summed E-state index contributed by atoms with van der Waals surface area (Å²) in [6.07, 6.45) is 0. The van der Waals surface area contributed by atoms with E-state index in [1.807, 2.05) is 0 Å². The highest BCUT2D eigenvalue weighted by Crippen LogP contribution is 2.34. The number of alkyl halides is 2. The molecular formula is C8H8ClF2NS. The van der Waals surface area contributed by atoms with E-state index >= 15 is 0 Å². The highest BCUT2D eigenvalue weighted by Gasteiger charge is 2.27. The van der Waals surface area contributed by atoms with Crippen LogP contribution in [0.5, 0.6) is 0 Å². The van der Waals surface area contributed by atoms with Gasteiger partial charge in [0.25, 0.3) is 0 Å². The fourth-order valence-corrected chi connectivity index (χ4v) is 1.54. The molecule has 0 radical (unpaired) electrons. The fourth-order valence-electron chi connectivity index (χ4n) is 0.717. The molecule has 5 heteroatoms. The van der Waals surface area contributed by atoms with Gasteiger partial charge >= 0.3 is 5.25 Å². The monoisotopic (exact) mass is 223 g/mol. The molecule has 0 amide bonds. The Kier molecular flexibility index (Phi) is 3.53. The Bertz CT molecular complexity index is 276. The molecule has 72 valence electrons. The molecule has 0 saturated carbocycles. The molecule has 1 nitrogen and oxygen atoms in total. The lowest BCUT2D eigenvalue weighted by atomic mass is 10.4. The summed E-state index contributed by atoms with van der Waals surface area (Å²) in [6, 6.07) is 6.21. The van der Waals surface area contributed by atoms with E-state index in [0.717, 1.165) is 0 Å². The van der Waals surface area contributed by atoms with Crippen LogP contribution in [0.25, 0.3) is 0 Å². The molecule has 0 atom stereocenters. The predicted octanol–water partition coefficient (Wildman–Crippen LogP) is 2.98. The average molecular weight is 224 g/mol. The summed E-state index contributed by atoms with van der Waals surface area (Å²) >= 11 is 6.03. The maximum absolute atomic E-state index is 12.7. The zero-order chi connectivity index (χ0) is 9.90. The van der Waals surface area contributed by atoms with Crippen molar-refractivity contribution in [3.8, 4) is 0 Å². The first kappa shape index (κ1) is 10.8. The Hall–Kier alpha value is -0.320. The first-order valence-corrected chi connectivity index (χ1v) is 4.75. The third-order valence-corrected chi connectivity index (χ3v) is 2.54. The highest BCUT2D eigenvalue weighted by molar-refractivity contribution is 8.00. The van der Waals surface area contributed by atoms with Crippen LogP contribution < -0.4 is 5.73 Å². The van der Waals surface area contributed by atoms with Crippen LogP contribution in [0.1, 0.15) is 0 Å². The summed E-state index contributed by atoms with van der Waals surface area (Å²) in [7, 11) is 0. The van der Waals surface area contributed by atoms with Gasteiger partial charge in [-0.3, -0.25) is 0 Å². The van der Waals surface area contributed by atoms with Crippen LogP contribution in [-0.2, 0) is 0 Å². The number of benzene rings is 1. The quantitative estimate of drug-likeness (QED) is 0.798. The molecule has 0 aromatic heterocycles. The Morgan fingerprint density at radius 2 is 1.85 bits per heavy atom. The van der Waals surface area contributed by atoms with Crippen LogP contribution in [-0.4, -0.2) is 11.8 Å². The SMILES string of the molecule is NCC(F)(F)Sc1ccc(Cl)cc1. The molecule has 0 heterocycles. The van der Waals surface area contributed by atoms with Gasteiger partial charge in [0.2, 0.25) is 0 Å². The number of hydrogen-bond donors (Lipinski definition) is 1. The standard InChI is InChI=1S/C8H8ClF2NS/c9-6-1-3-7(4-2-6)13-8(10,11)5-12/h1-4H,5,12H2. The zero-order valence-electron chi connectivity index (χ0n) is 6.64. The minimum Gasteiger partial charge on any atom is -0.324 e. The molecule has 0 aliphatic rings. The van der Waals surface area contributed by atoms with E-state index in [1.54, 1.807) is 12.1 Å². The third-order valence-electron chi connectivity index (χ3n) is 1.32. The van der Waals surface area contributed by atoms with Gasteiger partial charge in [0.05, 0.1) is 6.54 Å². The van der Waals surface area contributed by atoms with Crippen LogP contribution in [0, 0.1) is 0 Å². The second-order valence-electron chi connectivity index (χ2n) is 2.40. The zero-order valence-corrected chi connectivity index (χ0v) is 8.21. The van der Waals surface area contributed by atoms with Crippen molar-refractivity contribution in [3.63, 3.8) is 0 Å². The van der Waals surface area contributed by atoms with Crippen LogP contribution in [0.4, 0.5) is 8.78 Å². The van der Waals surface area contributed by atoms with E-state index in [2.05, 4.69) is 0 Å². The van der Waals surface area contributed by atoms with Crippen molar-refractivity contribution in [2.24, 2.45) is 5.73 Å². The summed E-state index contributed by atoms with van der Waals surface area (Å²) in [5.41, 5.74) is 4.89. The van der Waals surface area contributed by atoms with Crippen LogP contribution in [0.15, 0.2) is 29.2 Å². The van der Waals surface area contributed by atoms with Crippen molar-refractivity contribution >= 4 is 23.4 Å². The Balaban J connectivity index is 2.69. The molecule has 0 fully saturated rings. The molecule has 13 heavy (non-hydrogen) atoms. The Labute approximate surface area is 84.3 Å². The normalized spacial score (nSPS) is 11.7. The van der Waals surface area contributed by atoms with Crippen LogP contribution >= 0.6 is 23.4 Å². The van der Waals surface area contributed by atoms with Crippen LogP contribution in [0.2, 0.25) is 5.02 Å². The maximum atomic E-state index is 12.7. The van der Waals surface area contributed by atoms with E-state index in [9.17, 15) is 8.78 Å². The highest BCUT2D eigenvalue weighted by atomic mass is 35.5. The first-order valence-electron chi connectivity index (χ1n) is 3.56. The van der Waals surface area contributed by atoms with Crippen molar-refractivity contribution in [1.82, 2.24) is 0 Å². The predicted molar refractivity (Wildman–Crippen MR) is 51.3 cm³/mol. The van der Waals surface area contributed by atoms with Gasteiger partial charge in [-0.05, 0) is 24.3 Å². The summed E-state index contributed by atoms with van der Waals surface area (Å²) in [6.45, 7) is -0.666. The average Bonchev–Trinajstić information content (AvgIpc) is 2.09. The van der Waals surface area contributed by atoms with E-state index in [-0.39, 0.29) is 0 Å². The van der Waals surface area contributed by atoms with Gasteiger partial charge in [-0.1, -0.05) is 23.4 Å². The minimum atomic E-state index is -2.91. The Morgan fingerprint density at radius 1 is 1.31 bits per heavy atom. The molecule has 1 aromatic carbocycles. The molecule has 0 saturated heterocycles. The molecule has 0 unspecified atom stereocenters. The van der Waals surface area contributed by atoms with Crippen molar-refractivity contribution in [2.45, 2.75) is 10.2 Å². The van der Waals surface area contributed by atoms with Gasteiger partial charge in [-0.25, -0.2) is 0 Å². The van der Waals surface area contributed by atoms with E-state index < -0.39 is 11.8 Å². The number of nitrogens with two attached hydrogens (primary N) is 1. The van der Waals surface area contributed by atoms with Gasteiger partial charge in [-0.15, -0.1) is 0 Å². The summed E-state index contributed by atoms with van der Waals surface area (Å²) in [5, 5.41) is -2.38. The number of rotatable bonds is 3. The minimum absolute atomic E-state index is 0.438. The lowest BCUT2D eigenvalue weighted by Crippen LogP contribution is -2.23. The molecule has 0 aliphatic carbocycles. The molecule has 1 rings (SSSR count). The molecule has 0 spiro atoms. The summed E-state index contributed by atoms with van der Waals surface area (Å²) < 4.78 is 25.5. The molecule has 0 bridgehead atoms. The van der Waals surface area contributed by atoms with Gasteiger partial charge < -0.3 is 5.73 Å². The van der Waals surface area contributed by atoms with Crippen molar-refractivity contribution in [1.29, 1.82) is 0 Å². The molecule has 1 aromatic rings. The number of hydrogen-bond acceptors (Lipinski definition) is 2. The lowest BCUT2D eigenvalue weighted by Gasteiger charge is -2.12. The smallest absolute Gasteiger partial charge is 0.310 e.